The maximum atomic E-state index is 12.7. The molecule has 3 heterocycles. The van der Waals surface area contributed by atoms with Gasteiger partial charge in [-0.05, 0) is 19.4 Å². The van der Waals surface area contributed by atoms with Crippen LogP contribution < -0.4 is 0 Å². The molecule has 5 rings (SSSR count). The highest BCUT2D eigenvalue weighted by Crippen LogP contribution is 2.60. The Hall–Kier alpha value is -1.95. The van der Waals surface area contributed by atoms with Crippen LogP contribution in [0.15, 0.2) is 23.5 Å². The summed E-state index contributed by atoms with van der Waals surface area (Å²) >= 11 is 0. The lowest BCUT2D eigenvalue weighted by molar-refractivity contribution is -0.262. The van der Waals surface area contributed by atoms with Crippen molar-refractivity contribution in [3.05, 3.63) is 23.5 Å². The SMILES string of the molecule is C[C@@H]1CCC(=O)C2=C3O[C@@]4(C)[C@H](C)C[C@@]3(OC2=O)[C@H](/C=C\C1=O)[C@H]4O. The summed E-state index contributed by atoms with van der Waals surface area (Å²) in [7, 11) is 0. The van der Waals surface area contributed by atoms with Gasteiger partial charge in [0, 0.05) is 24.7 Å². The van der Waals surface area contributed by atoms with Crippen molar-refractivity contribution in [1.29, 1.82) is 0 Å². The predicted molar refractivity (Wildman–Crippen MR) is 86.2 cm³/mol. The first-order valence-corrected chi connectivity index (χ1v) is 8.81. The zero-order valence-corrected chi connectivity index (χ0v) is 14.6. The van der Waals surface area contributed by atoms with Gasteiger partial charge >= 0.3 is 5.97 Å². The lowest BCUT2D eigenvalue weighted by atomic mass is 9.59. The standard InChI is InChI=1S/C19H22O6/c1-9-4-6-13(21)14-16-19(25-17(14)23)8-10(2)18(3,24-16)15(22)11(19)5-7-12(9)20/h5,7,9-11,15,22H,4,6,8H2,1-3H3/b7-5-/t9-,10-,11-,15-,18+,19-/m1/s1. The van der Waals surface area contributed by atoms with E-state index < -0.39 is 29.2 Å². The molecule has 2 aliphatic carbocycles. The number of esters is 1. The molecular weight excluding hydrogens is 324 g/mol. The maximum Gasteiger partial charge on any atom is 0.346 e. The van der Waals surface area contributed by atoms with Crippen LogP contribution in [0, 0.1) is 17.8 Å². The van der Waals surface area contributed by atoms with Crippen molar-refractivity contribution in [2.24, 2.45) is 17.8 Å². The van der Waals surface area contributed by atoms with Gasteiger partial charge in [0.2, 0.25) is 0 Å². The van der Waals surface area contributed by atoms with Crippen molar-refractivity contribution >= 4 is 17.5 Å². The van der Waals surface area contributed by atoms with Crippen molar-refractivity contribution < 1.29 is 29.0 Å². The minimum Gasteiger partial charge on any atom is -0.484 e. The average molecular weight is 346 g/mol. The van der Waals surface area contributed by atoms with E-state index in [9.17, 15) is 19.5 Å². The molecule has 3 aliphatic heterocycles. The zero-order valence-electron chi connectivity index (χ0n) is 14.6. The summed E-state index contributed by atoms with van der Waals surface area (Å²) in [6.07, 6.45) is 3.07. The lowest BCUT2D eigenvalue weighted by Gasteiger charge is -2.59. The van der Waals surface area contributed by atoms with E-state index in [0.29, 0.717) is 12.8 Å². The third-order valence-corrected chi connectivity index (χ3v) is 6.50. The molecule has 3 fully saturated rings. The highest BCUT2D eigenvalue weighted by atomic mass is 16.6. The number of ketones is 2. The molecular formula is C19H22O6. The van der Waals surface area contributed by atoms with Crippen LogP contribution in [0.1, 0.15) is 40.0 Å². The summed E-state index contributed by atoms with van der Waals surface area (Å²) in [5.74, 6) is -1.86. The highest BCUT2D eigenvalue weighted by Gasteiger charge is 2.70. The van der Waals surface area contributed by atoms with Crippen molar-refractivity contribution in [3.63, 3.8) is 0 Å². The monoisotopic (exact) mass is 346 g/mol. The molecule has 6 nitrogen and oxygen atoms in total. The molecule has 6 heteroatoms. The van der Waals surface area contributed by atoms with Gasteiger partial charge in [0.05, 0.1) is 5.92 Å². The van der Waals surface area contributed by atoms with Crippen LogP contribution in [-0.4, -0.2) is 39.9 Å². The first-order valence-electron chi connectivity index (χ1n) is 8.81. The largest absolute Gasteiger partial charge is 0.484 e. The zero-order chi connectivity index (χ0) is 18.1. The van der Waals surface area contributed by atoms with Crippen LogP contribution in [0.5, 0.6) is 0 Å². The molecule has 5 bridgehead atoms. The Morgan fingerprint density at radius 3 is 2.64 bits per heavy atom. The fourth-order valence-electron chi connectivity index (χ4n) is 4.61. The second kappa shape index (κ2) is 5.04. The van der Waals surface area contributed by atoms with E-state index in [4.69, 9.17) is 9.47 Å². The summed E-state index contributed by atoms with van der Waals surface area (Å²) in [6, 6.07) is 0. The van der Waals surface area contributed by atoms with E-state index in [0.717, 1.165) is 0 Å². The van der Waals surface area contributed by atoms with Crippen molar-refractivity contribution in [1.82, 2.24) is 0 Å². The normalized spacial score (nSPS) is 47.3. The van der Waals surface area contributed by atoms with Gasteiger partial charge in [-0.3, -0.25) is 9.59 Å². The van der Waals surface area contributed by atoms with Gasteiger partial charge in [-0.25, -0.2) is 4.79 Å². The van der Waals surface area contributed by atoms with Gasteiger partial charge in [0.15, 0.2) is 22.9 Å². The summed E-state index contributed by atoms with van der Waals surface area (Å²) in [4.78, 5) is 37.5. The molecule has 134 valence electrons. The first-order chi connectivity index (χ1) is 11.7. The van der Waals surface area contributed by atoms with Gasteiger partial charge in [-0.1, -0.05) is 19.9 Å². The Labute approximate surface area is 145 Å². The molecule has 1 saturated carbocycles. The second-order valence-electron chi connectivity index (χ2n) is 7.97. The molecule has 0 aromatic rings. The minimum atomic E-state index is -1.19. The number of hydrogen-bond acceptors (Lipinski definition) is 6. The molecule has 25 heavy (non-hydrogen) atoms. The van der Waals surface area contributed by atoms with Crippen molar-refractivity contribution in [3.8, 4) is 0 Å². The van der Waals surface area contributed by atoms with Crippen LogP contribution in [0.4, 0.5) is 0 Å². The minimum absolute atomic E-state index is 0.0371. The highest BCUT2D eigenvalue weighted by molar-refractivity contribution is 6.19. The smallest absolute Gasteiger partial charge is 0.346 e. The van der Waals surface area contributed by atoms with E-state index in [2.05, 4.69) is 0 Å². The van der Waals surface area contributed by atoms with Crippen LogP contribution in [0.3, 0.4) is 0 Å². The molecule has 0 aromatic heterocycles. The van der Waals surface area contributed by atoms with E-state index in [1.165, 1.54) is 6.08 Å². The van der Waals surface area contributed by atoms with E-state index in [-0.39, 0.29) is 41.2 Å². The Balaban J connectivity index is 1.94. The van der Waals surface area contributed by atoms with Crippen molar-refractivity contribution in [2.75, 3.05) is 0 Å². The Morgan fingerprint density at radius 1 is 1.20 bits per heavy atom. The van der Waals surface area contributed by atoms with Gasteiger partial charge in [-0.2, -0.15) is 0 Å². The number of aliphatic hydroxyl groups excluding tert-OH is 1. The number of Topliss-reactive ketones (excluding diaryl/α,β-unsaturated/α-hetero) is 1. The third kappa shape index (κ3) is 1.97. The van der Waals surface area contributed by atoms with Gasteiger partial charge < -0.3 is 14.6 Å². The number of hydrogen-bond donors (Lipinski definition) is 1. The molecule has 0 radical (unpaired) electrons. The Kier molecular flexibility index (Phi) is 3.33. The molecule has 0 aromatic carbocycles. The van der Waals surface area contributed by atoms with Gasteiger partial charge in [0.25, 0.3) is 0 Å². The number of fused-ring (bicyclic) bond motifs is 1. The maximum absolute atomic E-state index is 12.7. The van der Waals surface area contributed by atoms with E-state index >= 15 is 0 Å². The van der Waals surface area contributed by atoms with Crippen molar-refractivity contribution in [2.45, 2.75) is 57.3 Å². The fraction of sp³-hybridized carbons (Fsp3) is 0.632. The number of allylic oxidation sites excluding steroid dienone is 1. The first kappa shape index (κ1) is 16.5. The number of carbonyl (C=O) groups excluding carboxylic acids is 3. The summed E-state index contributed by atoms with van der Waals surface area (Å²) in [6.45, 7) is 5.48. The van der Waals surface area contributed by atoms with Crippen LogP contribution in [0.2, 0.25) is 0 Å². The number of rotatable bonds is 0. The molecule has 1 N–H and O–H groups in total. The van der Waals surface area contributed by atoms with E-state index in [1.807, 2.05) is 6.92 Å². The lowest BCUT2D eigenvalue weighted by Crippen LogP contribution is -2.69. The number of ether oxygens (including phenoxy) is 2. The Bertz CT molecular complexity index is 749. The van der Waals surface area contributed by atoms with Crippen LogP contribution >= 0.6 is 0 Å². The molecule has 1 spiro atoms. The molecule has 0 unspecified atom stereocenters. The second-order valence-corrected chi connectivity index (χ2v) is 7.97. The molecule has 6 atom stereocenters. The average Bonchev–Trinajstić information content (AvgIpc) is 2.82. The molecule has 2 saturated heterocycles. The molecule has 5 aliphatic rings. The third-order valence-electron chi connectivity index (χ3n) is 6.50. The summed E-state index contributed by atoms with van der Waals surface area (Å²) in [5, 5.41) is 10.9. The van der Waals surface area contributed by atoms with Gasteiger partial charge in [0.1, 0.15) is 17.3 Å². The van der Waals surface area contributed by atoms with Crippen LogP contribution in [-0.2, 0) is 23.9 Å². The summed E-state index contributed by atoms with van der Waals surface area (Å²) in [5.41, 5.74) is -2.16. The molecule has 0 amide bonds. The summed E-state index contributed by atoms with van der Waals surface area (Å²) < 4.78 is 11.7. The van der Waals surface area contributed by atoms with Gasteiger partial charge in [-0.15, -0.1) is 0 Å². The predicted octanol–water partition coefficient (Wildman–Crippen LogP) is 1.47. The van der Waals surface area contributed by atoms with E-state index in [1.54, 1.807) is 19.9 Å². The number of aliphatic hydroxyl groups is 1. The topological polar surface area (TPSA) is 89.9 Å². The van der Waals surface area contributed by atoms with Crippen LogP contribution in [0.25, 0.3) is 0 Å². The Morgan fingerprint density at radius 2 is 1.92 bits per heavy atom. The quantitative estimate of drug-likeness (QED) is 0.528. The number of carbonyl (C=O) groups is 3. The fourth-order valence-corrected chi connectivity index (χ4v) is 4.61.